The second kappa shape index (κ2) is 7.25. The van der Waals surface area contributed by atoms with E-state index in [1.165, 1.54) is 5.56 Å². The van der Waals surface area contributed by atoms with Gasteiger partial charge in [-0.3, -0.25) is 4.90 Å². The van der Waals surface area contributed by atoms with Gasteiger partial charge in [0.25, 0.3) is 0 Å². The monoisotopic (exact) mass is 282 g/mol. The van der Waals surface area contributed by atoms with Gasteiger partial charge in [0.1, 0.15) is 0 Å². The fraction of sp³-hybridized carbons (Fsp3) is 0.600. The molecule has 1 heterocycles. The molecule has 1 unspecified atom stereocenters. The molecule has 1 aliphatic heterocycles. The summed E-state index contributed by atoms with van der Waals surface area (Å²) in [7, 11) is 0. The van der Waals surface area contributed by atoms with Gasteiger partial charge in [-0.1, -0.05) is 23.7 Å². The molecule has 1 aromatic rings. The van der Waals surface area contributed by atoms with E-state index in [1.54, 1.807) is 0 Å². The number of hydrogen-bond acceptors (Lipinski definition) is 3. The van der Waals surface area contributed by atoms with Gasteiger partial charge in [0.05, 0.1) is 13.2 Å². The van der Waals surface area contributed by atoms with Crippen molar-refractivity contribution in [3.63, 3.8) is 0 Å². The Labute approximate surface area is 120 Å². The number of hydrogen-bond donors (Lipinski definition) is 1. The molecule has 0 saturated carbocycles. The summed E-state index contributed by atoms with van der Waals surface area (Å²) in [4.78, 5) is 2.45. The number of aryl methyl sites for hydroxylation is 1. The molecule has 1 N–H and O–H groups in total. The molecule has 1 atom stereocenters. The molecule has 3 nitrogen and oxygen atoms in total. The Morgan fingerprint density at radius 3 is 2.79 bits per heavy atom. The zero-order valence-corrected chi connectivity index (χ0v) is 12.5. The number of ether oxygens (including phenoxy) is 1. The summed E-state index contributed by atoms with van der Waals surface area (Å²) < 4.78 is 5.36. The highest BCUT2D eigenvalue weighted by atomic mass is 35.5. The molecule has 0 spiro atoms. The van der Waals surface area contributed by atoms with Gasteiger partial charge in [0.2, 0.25) is 0 Å². The molecular formula is C15H23ClN2O. The first-order valence-electron chi connectivity index (χ1n) is 6.93. The first-order valence-corrected chi connectivity index (χ1v) is 7.31. The minimum atomic E-state index is 0.471. The first kappa shape index (κ1) is 14.8. The molecule has 0 bridgehead atoms. The van der Waals surface area contributed by atoms with Crippen LogP contribution in [0.15, 0.2) is 18.2 Å². The maximum absolute atomic E-state index is 6.13. The summed E-state index contributed by atoms with van der Waals surface area (Å²) in [5.41, 5.74) is 2.37. The maximum atomic E-state index is 6.13. The van der Waals surface area contributed by atoms with Crippen molar-refractivity contribution < 1.29 is 4.74 Å². The van der Waals surface area contributed by atoms with E-state index in [1.807, 2.05) is 13.0 Å². The zero-order valence-electron chi connectivity index (χ0n) is 11.8. The largest absolute Gasteiger partial charge is 0.379 e. The SMILES string of the molecule is Cc1ccc(CNC(C)CN2CCOCC2)cc1Cl. The molecule has 19 heavy (non-hydrogen) atoms. The quantitative estimate of drug-likeness (QED) is 0.898. The van der Waals surface area contributed by atoms with Crippen LogP contribution in [0.5, 0.6) is 0 Å². The lowest BCUT2D eigenvalue weighted by molar-refractivity contribution is 0.0343. The number of benzene rings is 1. The Hall–Kier alpha value is -0.610. The first-order chi connectivity index (χ1) is 9.15. The Morgan fingerprint density at radius 1 is 1.37 bits per heavy atom. The van der Waals surface area contributed by atoms with Gasteiger partial charge in [0, 0.05) is 37.2 Å². The van der Waals surface area contributed by atoms with Crippen molar-refractivity contribution in [2.45, 2.75) is 26.4 Å². The van der Waals surface area contributed by atoms with Gasteiger partial charge in [0.15, 0.2) is 0 Å². The average Bonchev–Trinajstić information content (AvgIpc) is 2.41. The van der Waals surface area contributed by atoms with E-state index < -0.39 is 0 Å². The fourth-order valence-electron chi connectivity index (χ4n) is 2.27. The predicted molar refractivity (Wildman–Crippen MR) is 79.7 cm³/mol. The molecule has 1 aromatic carbocycles. The van der Waals surface area contributed by atoms with E-state index in [2.05, 4.69) is 29.3 Å². The van der Waals surface area contributed by atoms with Crippen LogP contribution in [0.2, 0.25) is 5.02 Å². The van der Waals surface area contributed by atoms with Crippen molar-refractivity contribution in [3.05, 3.63) is 34.3 Å². The molecule has 4 heteroatoms. The van der Waals surface area contributed by atoms with Crippen molar-refractivity contribution >= 4 is 11.6 Å². The van der Waals surface area contributed by atoms with Crippen LogP contribution in [0, 0.1) is 6.92 Å². The lowest BCUT2D eigenvalue weighted by Crippen LogP contribution is -2.44. The Morgan fingerprint density at radius 2 is 2.11 bits per heavy atom. The maximum Gasteiger partial charge on any atom is 0.0594 e. The van der Waals surface area contributed by atoms with E-state index in [0.717, 1.165) is 50.0 Å². The van der Waals surface area contributed by atoms with Crippen LogP contribution in [-0.2, 0) is 11.3 Å². The highest BCUT2D eigenvalue weighted by Crippen LogP contribution is 2.16. The molecule has 1 saturated heterocycles. The van der Waals surface area contributed by atoms with E-state index in [9.17, 15) is 0 Å². The smallest absolute Gasteiger partial charge is 0.0594 e. The lowest BCUT2D eigenvalue weighted by Gasteiger charge is -2.29. The minimum absolute atomic E-state index is 0.471. The lowest BCUT2D eigenvalue weighted by atomic mass is 10.1. The summed E-state index contributed by atoms with van der Waals surface area (Å²) in [6.07, 6.45) is 0. The molecule has 106 valence electrons. The van der Waals surface area contributed by atoms with Crippen LogP contribution in [0.1, 0.15) is 18.1 Å². The van der Waals surface area contributed by atoms with Gasteiger partial charge in [-0.2, -0.15) is 0 Å². The molecule has 0 amide bonds. The van der Waals surface area contributed by atoms with Gasteiger partial charge in [-0.05, 0) is 31.0 Å². The van der Waals surface area contributed by atoms with Crippen molar-refractivity contribution in [2.24, 2.45) is 0 Å². The van der Waals surface area contributed by atoms with Gasteiger partial charge < -0.3 is 10.1 Å². The van der Waals surface area contributed by atoms with Crippen LogP contribution < -0.4 is 5.32 Å². The molecular weight excluding hydrogens is 260 g/mol. The molecule has 2 rings (SSSR count). The van der Waals surface area contributed by atoms with Crippen molar-refractivity contribution in [2.75, 3.05) is 32.8 Å². The second-order valence-corrected chi connectivity index (χ2v) is 5.69. The van der Waals surface area contributed by atoms with Gasteiger partial charge in [-0.15, -0.1) is 0 Å². The molecule has 1 aliphatic rings. The molecule has 0 radical (unpaired) electrons. The molecule has 0 aliphatic carbocycles. The number of nitrogens with zero attached hydrogens (tertiary/aromatic N) is 1. The summed E-state index contributed by atoms with van der Waals surface area (Å²) in [6, 6.07) is 6.73. The Kier molecular flexibility index (Phi) is 5.64. The number of halogens is 1. The number of rotatable bonds is 5. The van der Waals surface area contributed by atoms with Gasteiger partial charge in [-0.25, -0.2) is 0 Å². The normalized spacial score (nSPS) is 18.5. The van der Waals surface area contributed by atoms with Gasteiger partial charge >= 0.3 is 0 Å². The predicted octanol–water partition coefficient (Wildman–Crippen LogP) is 2.46. The topological polar surface area (TPSA) is 24.5 Å². The molecule has 0 aromatic heterocycles. The van der Waals surface area contributed by atoms with Crippen LogP contribution in [0.3, 0.4) is 0 Å². The average molecular weight is 283 g/mol. The van der Waals surface area contributed by atoms with Crippen LogP contribution in [0.25, 0.3) is 0 Å². The third-order valence-electron chi connectivity index (χ3n) is 3.53. The highest BCUT2D eigenvalue weighted by Gasteiger charge is 2.13. The van der Waals surface area contributed by atoms with Crippen LogP contribution in [0.4, 0.5) is 0 Å². The van der Waals surface area contributed by atoms with Crippen molar-refractivity contribution in [3.8, 4) is 0 Å². The van der Waals surface area contributed by atoms with E-state index in [-0.39, 0.29) is 0 Å². The fourth-order valence-corrected chi connectivity index (χ4v) is 2.48. The third kappa shape index (κ3) is 4.77. The minimum Gasteiger partial charge on any atom is -0.379 e. The van der Waals surface area contributed by atoms with Crippen molar-refractivity contribution in [1.82, 2.24) is 10.2 Å². The van der Waals surface area contributed by atoms with Crippen LogP contribution >= 0.6 is 11.6 Å². The third-order valence-corrected chi connectivity index (χ3v) is 3.93. The Bertz CT molecular complexity index is 405. The summed E-state index contributed by atoms with van der Waals surface area (Å²) in [5.74, 6) is 0. The van der Waals surface area contributed by atoms with E-state index in [4.69, 9.17) is 16.3 Å². The van der Waals surface area contributed by atoms with E-state index in [0.29, 0.717) is 6.04 Å². The molecule has 1 fully saturated rings. The van der Waals surface area contributed by atoms with Crippen molar-refractivity contribution in [1.29, 1.82) is 0 Å². The van der Waals surface area contributed by atoms with Crippen LogP contribution in [-0.4, -0.2) is 43.8 Å². The van der Waals surface area contributed by atoms with E-state index >= 15 is 0 Å². The number of morpholine rings is 1. The summed E-state index contributed by atoms with van der Waals surface area (Å²) >= 11 is 6.13. The standard InChI is InChI=1S/C15H23ClN2O/c1-12-3-4-14(9-15(12)16)10-17-13(2)11-18-5-7-19-8-6-18/h3-4,9,13,17H,5-8,10-11H2,1-2H3. The Balaban J connectivity index is 1.75. The highest BCUT2D eigenvalue weighted by molar-refractivity contribution is 6.31. The summed E-state index contributed by atoms with van der Waals surface area (Å²) in [6.45, 7) is 10.0. The zero-order chi connectivity index (χ0) is 13.7. The second-order valence-electron chi connectivity index (χ2n) is 5.28. The number of nitrogens with one attached hydrogen (secondary N) is 1. The summed E-state index contributed by atoms with van der Waals surface area (Å²) in [5, 5.41) is 4.40.